The van der Waals surface area contributed by atoms with Crippen LogP contribution >= 0.6 is 0 Å². The molecule has 0 unspecified atom stereocenters. The molecule has 0 aliphatic carbocycles. The van der Waals surface area contributed by atoms with Crippen LogP contribution in [0.1, 0.15) is 63.8 Å². The average molecular weight is 403 g/mol. The molecule has 2 rings (SSSR count). The van der Waals surface area contributed by atoms with Crippen LogP contribution in [0.4, 0.5) is 0 Å². The summed E-state index contributed by atoms with van der Waals surface area (Å²) in [5, 5.41) is 14.6. The third-order valence-corrected chi connectivity index (χ3v) is 5.76. The number of aromatic hydroxyl groups is 1. The quantitative estimate of drug-likeness (QED) is 0.579. The molecular formula is C22H30N2O3S. The summed E-state index contributed by atoms with van der Waals surface area (Å²) < 4.78 is 24.8. The topological polar surface area (TPSA) is 78.8 Å². The highest BCUT2D eigenvalue weighted by molar-refractivity contribution is 7.89. The van der Waals surface area contributed by atoms with Gasteiger partial charge in [0.2, 0.25) is 0 Å². The third-order valence-electron chi connectivity index (χ3n) is 4.52. The fourth-order valence-electron chi connectivity index (χ4n) is 2.70. The second-order valence-electron chi connectivity index (χ2n) is 9.13. The number of benzene rings is 2. The molecule has 2 aromatic rings. The molecule has 0 aliphatic rings. The first-order valence-electron chi connectivity index (χ1n) is 9.21. The number of sulfonamides is 1. The van der Waals surface area contributed by atoms with Crippen molar-refractivity contribution in [3.63, 3.8) is 0 Å². The van der Waals surface area contributed by atoms with Crippen LogP contribution in [0.15, 0.2) is 46.4 Å². The van der Waals surface area contributed by atoms with Crippen molar-refractivity contribution in [2.75, 3.05) is 0 Å². The van der Waals surface area contributed by atoms with Crippen molar-refractivity contribution < 1.29 is 13.5 Å². The summed E-state index contributed by atoms with van der Waals surface area (Å²) in [6.45, 7) is 14.2. The molecule has 0 saturated carbocycles. The second-order valence-corrected chi connectivity index (χ2v) is 10.8. The number of aryl methyl sites for hydroxylation is 1. The Morgan fingerprint density at radius 1 is 0.964 bits per heavy atom. The SMILES string of the molecule is Cc1ccc(S(=O)(=O)N/N=C/c2cc(C(C)(C)C)cc(C(C)(C)C)c2O)cc1. The predicted octanol–water partition coefficient (Wildman–Crippen LogP) is 4.61. The Morgan fingerprint density at radius 2 is 1.54 bits per heavy atom. The smallest absolute Gasteiger partial charge is 0.276 e. The Morgan fingerprint density at radius 3 is 2.04 bits per heavy atom. The lowest BCUT2D eigenvalue weighted by atomic mass is 9.79. The van der Waals surface area contributed by atoms with E-state index < -0.39 is 10.0 Å². The van der Waals surface area contributed by atoms with Crippen molar-refractivity contribution in [2.45, 2.75) is 64.2 Å². The van der Waals surface area contributed by atoms with E-state index >= 15 is 0 Å². The molecule has 0 heterocycles. The van der Waals surface area contributed by atoms with Gasteiger partial charge in [0.25, 0.3) is 10.0 Å². The Labute approximate surface area is 168 Å². The summed E-state index contributed by atoms with van der Waals surface area (Å²) in [4.78, 5) is 2.35. The second kappa shape index (κ2) is 7.59. The number of rotatable bonds is 4. The van der Waals surface area contributed by atoms with E-state index in [0.29, 0.717) is 5.56 Å². The maximum atomic E-state index is 12.4. The first-order chi connectivity index (χ1) is 12.7. The van der Waals surface area contributed by atoms with Crippen molar-refractivity contribution in [3.05, 3.63) is 58.7 Å². The van der Waals surface area contributed by atoms with Gasteiger partial charge in [-0.1, -0.05) is 65.3 Å². The minimum absolute atomic E-state index is 0.110. The first-order valence-corrected chi connectivity index (χ1v) is 10.7. The van der Waals surface area contributed by atoms with Gasteiger partial charge >= 0.3 is 0 Å². The number of nitrogens with zero attached hydrogens (tertiary/aromatic N) is 1. The van der Waals surface area contributed by atoms with Crippen molar-refractivity contribution in [2.24, 2.45) is 5.10 Å². The summed E-state index contributed by atoms with van der Waals surface area (Å²) in [6.07, 6.45) is 1.35. The number of nitrogens with one attached hydrogen (secondary N) is 1. The van der Waals surface area contributed by atoms with Gasteiger partial charge in [0.05, 0.1) is 11.1 Å². The fourth-order valence-corrected chi connectivity index (χ4v) is 3.49. The Bertz CT molecular complexity index is 978. The van der Waals surface area contributed by atoms with E-state index in [1.807, 2.05) is 39.8 Å². The van der Waals surface area contributed by atoms with E-state index in [-0.39, 0.29) is 21.5 Å². The molecule has 0 bridgehead atoms. The molecule has 152 valence electrons. The molecule has 0 saturated heterocycles. The Kier molecular flexibility index (Phi) is 5.95. The van der Waals surface area contributed by atoms with Gasteiger partial charge < -0.3 is 5.11 Å². The molecule has 0 fully saturated rings. The van der Waals surface area contributed by atoms with E-state index in [2.05, 4.69) is 30.7 Å². The minimum atomic E-state index is -3.77. The molecule has 0 aromatic heterocycles. The van der Waals surface area contributed by atoms with Crippen LogP contribution in [0.3, 0.4) is 0 Å². The molecule has 0 aliphatic heterocycles. The molecule has 5 nitrogen and oxygen atoms in total. The summed E-state index contributed by atoms with van der Waals surface area (Å²) in [5.41, 5.74) is 2.89. The Balaban J connectivity index is 2.40. The lowest BCUT2D eigenvalue weighted by Gasteiger charge is -2.26. The highest BCUT2D eigenvalue weighted by Crippen LogP contribution is 2.37. The number of hydrogen-bond acceptors (Lipinski definition) is 4. The molecule has 0 spiro atoms. The van der Waals surface area contributed by atoms with Gasteiger partial charge in [-0.2, -0.15) is 13.5 Å². The molecule has 2 N–H and O–H groups in total. The van der Waals surface area contributed by atoms with Crippen LogP contribution in [-0.2, 0) is 20.9 Å². The van der Waals surface area contributed by atoms with Gasteiger partial charge in [-0.25, -0.2) is 4.83 Å². The lowest BCUT2D eigenvalue weighted by Crippen LogP contribution is -2.19. The number of hydrazone groups is 1. The molecule has 2 aromatic carbocycles. The highest BCUT2D eigenvalue weighted by atomic mass is 32.2. The van der Waals surface area contributed by atoms with Crippen LogP contribution in [0.5, 0.6) is 5.75 Å². The maximum absolute atomic E-state index is 12.4. The normalized spacial score (nSPS) is 13.1. The highest BCUT2D eigenvalue weighted by Gasteiger charge is 2.24. The summed E-state index contributed by atoms with van der Waals surface area (Å²) in [5.74, 6) is 0.110. The largest absolute Gasteiger partial charge is 0.507 e. The zero-order valence-electron chi connectivity index (χ0n) is 17.7. The van der Waals surface area contributed by atoms with Gasteiger partial charge in [0, 0.05) is 11.1 Å². The molecule has 0 radical (unpaired) electrons. The minimum Gasteiger partial charge on any atom is -0.507 e. The van der Waals surface area contributed by atoms with Gasteiger partial charge in [-0.15, -0.1) is 0 Å². The van der Waals surface area contributed by atoms with Crippen LogP contribution in [0, 0.1) is 6.92 Å². The van der Waals surface area contributed by atoms with E-state index in [0.717, 1.165) is 16.7 Å². The zero-order valence-corrected chi connectivity index (χ0v) is 18.5. The van der Waals surface area contributed by atoms with Crippen LogP contribution in [0.2, 0.25) is 0 Å². The van der Waals surface area contributed by atoms with Crippen molar-refractivity contribution >= 4 is 16.2 Å². The van der Waals surface area contributed by atoms with Crippen molar-refractivity contribution in [1.82, 2.24) is 4.83 Å². The fraction of sp³-hybridized carbons (Fsp3) is 0.409. The van der Waals surface area contributed by atoms with Crippen molar-refractivity contribution in [1.29, 1.82) is 0 Å². The molecule has 28 heavy (non-hydrogen) atoms. The van der Waals surface area contributed by atoms with Crippen LogP contribution < -0.4 is 4.83 Å². The number of hydrogen-bond donors (Lipinski definition) is 2. The summed E-state index contributed by atoms with van der Waals surface area (Å²) in [6, 6.07) is 10.4. The zero-order chi connectivity index (χ0) is 21.3. The first kappa shape index (κ1) is 22.0. The molecule has 0 atom stereocenters. The van der Waals surface area contributed by atoms with Gasteiger partial charge in [-0.3, -0.25) is 0 Å². The van der Waals surface area contributed by atoms with Crippen LogP contribution in [0.25, 0.3) is 0 Å². The number of phenolic OH excluding ortho intramolecular Hbond substituents is 1. The van der Waals surface area contributed by atoms with E-state index in [1.54, 1.807) is 12.1 Å². The summed E-state index contributed by atoms with van der Waals surface area (Å²) in [7, 11) is -3.77. The monoisotopic (exact) mass is 402 g/mol. The predicted molar refractivity (Wildman–Crippen MR) is 115 cm³/mol. The van der Waals surface area contributed by atoms with Crippen LogP contribution in [-0.4, -0.2) is 19.7 Å². The third kappa shape index (κ3) is 5.13. The summed E-state index contributed by atoms with van der Waals surface area (Å²) >= 11 is 0. The van der Waals surface area contributed by atoms with Gasteiger partial charge in [0.1, 0.15) is 5.75 Å². The van der Waals surface area contributed by atoms with Crippen molar-refractivity contribution in [3.8, 4) is 5.75 Å². The number of phenols is 1. The van der Waals surface area contributed by atoms with E-state index in [9.17, 15) is 13.5 Å². The molecular weight excluding hydrogens is 372 g/mol. The standard InChI is InChI=1S/C22H30N2O3S/c1-15-8-10-18(11-9-15)28(26,27)24-23-14-16-12-17(21(2,3)4)13-19(20(16)25)22(5,6)7/h8-14,24-25H,1-7H3/b23-14+. The molecule has 0 amide bonds. The van der Waals surface area contributed by atoms with Gasteiger partial charge in [0.15, 0.2) is 0 Å². The molecule has 6 heteroatoms. The maximum Gasteiger partial charge on any atom is 0.276 e. The van der Waals surface area contributed by atoms with E-state index in [1.165, 1.54) is 18.3 Å². The average Bonchev–Trinajstić information content (AvgIpc) is 2.54. The van der Waals surface area contributed by atoms with E-state index in [4.69, 9.17) is 0 Å². The Hall–Kier alpha value is -2.34. The van der Waals surface area contributed by atoms with Gasteiger partial charge in [-0.05, 0) is 41.5 Å². The lowest BCUT2D eigenvalue weighted by molar-refractivity contribution is 0.444.